The summed E-state index contributed by atoms with van der Waals surface area (Å²) in [6.45, 7) is 3.66. The fourth-order valence-corrected chi connectivity index (χ4v) is 1.24. The third-order valence-electron chi connectivity index (χ3n) is 2.09. The zero-order chi connectivity index (χ0) is 13.6. The Morgan fingerprint density at radius 1 is 1.39 bits per heavy atom. The van der Waals surface area contributed by atoms with Gasteiger partial charge < -0.3 is 10.6 Å². The fourth-order valence-electron chi connectivity index (χ4n) is 1.24. The Bertz CT molecular complexity index is 430. The van der Waals surface area contributed by atoms with Crippen LogP contribution in [0.5, 0.6) is 0 Å². The molecule has 0 atom stereocenters. The molecule has 0 saturated heterocycles. The highest BCUT2D eigenvalue weighted by Gasteiger charge is 2.30. The predicted molar refractivity (Wildman–Crippen MR) is 63.1 cm³/mol. The van der Waals surface area contributed by atoms with Crippen LogP contribution in [0.25, 0.3) is 0 Å². The number of alkyl halides is 3. The van der Waals surface area contributed by atoms with E-state index in [0.717, 1.165) is 12.1 Å². The van der Waals surface area contributed by atoms with Crippen molar-refractivity contribution in [3.63, 3.8) is 0 Å². The van der Waals surface area contributed by atoms with Gasteiger partial charge in [0, 0.05) is 12.2 Å². The molecule has 0 aliphatic carbocycles. The number of rotatable bonds is 5. The minimum absolute atomic E-state index is 0.0881. The number of carbonyl (C=O) groups excluding carboxylic acids is 1. The zero-order valence-corrected chi connectivity index (χ0v) is 9.55. The van der Waals surface area contributed by atoms with Crippen LogP contribution in [0, 0.1) is 0 Å². The summed E-state index contributed by atoms with van der Waals surface area (Å²) in [6, 6.07) is 4.69. The second-order valence-electron chi connectivity index (χ2n) is 3.52. The van der Waals surface area contributed by atoms with Crippen molar-refractivity contribution in [1.82, 2.24) is 5.32 Å². The molecule has 0 aliphatic heterocycles. The van der Waals surface area contributed by atoms with E-state index in [1.807, 2.05) is 0 Å². The Hall–Kier alpha value is -1.98. The van der Waals surface area contributed by atoms with Gasteiger partial charge in [0.05, 0.1) is 12.1 Å². The summed E-state index contributed by atoms with van der Waals surface area (Å²) in [5.74, 6) is -0.313. The van der Waals surface area contributed by atoms with Crippen LogP contribution >= 0.6 is 0 Å². The maximum absolute atomic E-state index is 12.4. The first kappa shape index (κ1) is 14.1. The summed E-state index contributed by atoms with van der Waals surface area (Å²) in [6.07, 6.45) is -2.87. The van der Waals surface area contributed by atoms with E-state index >= 15 is 0 Å². The van der Waals surface area contributed by atoms with Crippen molar-refractivity contribution in [1.29, 1.82) is 0 Å². The van der Waals surface area contributed by atoms with Crippen molar-refractivity contribution >= 4 is 11.6 Å². The molecule has 0 spiro atoms. The van der Waals surface area contributed by atoms with Crippen LogP contribution in [0.1, 0.15) is 5.56 Å². The van der Waals surface area contributed by atoms with Gasteiger partial charge in [0.2, 0.25) is 5.91 Å². The third-order valence-corrected chi connectivity index (χ3v) is 2.09. The highest BCUT2D eigenvalue weighted by atomic mass is 19.4. The quantitative estimate of drug-likeness (QED) is 0.796. The van der Waals surface area contributed by atoms with Crippen LogP contribution in [0.4, 0.5) is 18.9 Å². The number of carbonyl (C=O) groups is 1. The van der Waals surface area contributed by atoms with Crippen LogP contribution in [0.15, 0.2) is 36.9 Å². The van der Waals surface area contributed by atoms with Gasteiger partial charge in [0.15, 0.2) is 0 Å². The lowest BCUT2D eigenvalue weighted by atomic mass is 10.2. The average Bonchev–Trinajstić information content (AvgIpc) is 2.33. The maximum Gasteiger partial charge on any atom is 0.416 e. The van der Waals surface area contributed by atoms with Crippen LogP contribution in [0.2, 0.25) is 0 Å². The van der Waals surface area contributed by atoms with Crippen molar-refractivity contribution in [2.75, 3.05) is 18.4 Å². The second kappa shape index (κ2) is 6.09. The Balaban J connectivity index is 2.58. The van der Waals surface area contributed by atoms with Gasteiger partial charge in [-0.3, -0.25) is 4.79 Å². The lowest BCUT2D eigenvalue weighted by Gasteiger charge is -2.10. The molecule has 0 heterocycles. The van der Waals surface area contributed by atoms with Crippen LogP contribution in [0.3, 0.4) is 0 Å². The van der Waals surface area contributed by atoms with Gasteiger partial charge in [-0.2, -0.15) is 13.2 Å². The summed E-state index contributed by atoms with van der Waals surface area (Å²) < 4.78 is 37.2. The van der Waals surface area contributed by atoms with Gasteiger partial charge >= 0.3 is 6.18 Å². The first-order valence-corrected chi connectivity index (χ1v) is 5.22. The van der Waals surface area contributed by atoms with E-state index in [4.69, 9.17) is 0 Å². The van der Waals surface area contributed by atoms with Crippen molar-refractivity contribution in [2.24, 2.45) is 0 Å². The van der Waals surface area contributed by atoms with E-state index in [1.165, 1.54) is 18.2 Å². The highest BCUT2D eigenvalue weighted by molar-refractivity contribution is 5.80. The molecule has 3 nitrogen and oxygen atoms in total. The first-order valence-electron chi connectivity index (χ1n) is 5.22. The normalized spacial score (nSPS) is 10.8. The zero-order valence-electron chi connectivity index (χ0n) is 9.55. The number of amides is 1. The average molecular weight is 258 g/mol. The van der Waals surface area contributed by atoms with E-state index in [9.17, 15) is 18.0 Å². The van der Waals surface area contributed by atoms with Gasteiger partial charge in [-0.1, -0.05) is 12.1 Å². The minimum atomic E-state index is -4.39. The smallest absolute Gasteiger partial charge is 0.376 e. The van der Waals surface area contributed by atoms with Gasteiger partial charge in [-0.15, -0.1) is 6.58 Å². The van der Waals surface area contributed by atoms with E-state index in [-0.39, 0.29) is 18.1 Å². The molecule has 0 radical (unpaired) electrons. The van der Waals surface area contributed by atoms with Gasteiger partial charge in [-0.05, 0) is 18.2 Å². The number of hydrogen-bond donors (Lipinski definition) is 2. The highest BCUT2D eigenvalue weighted by Crippen LogP contribution is 2.30. The maximum atomic E-state index is 12.4. The van der Waals surface area contributed by atoms with Crippen molar-refractivity contribution < 1.29 is 18.0 Å². The summed E-state index contributed by atoms with van der Waals surface area (Å²) in [5.41, 5.74) is -0.502. The van der Waals surface area contributed by atoms with E-state index in [1.54, 1.807) is 0 Å². The molecule has 0 aliphatic rings. The molecule has 0 bridgehead atoms. The van der Waals surface area contributed by atoms with Crippen LogP contribution < -0.4 is 10.6 Å². The Kier molecular flexibility index (Phi) is 4.76. The topological polar surface area (TPSA) is 41.1 Å². The standard InChI is InChI=1S/C12H13F3N2O/c1-2-6-16-11(18)8-17-10-5-3-4-9(7-10)12(13,14)15/h2-5,7,17H,1,6,8H2,(H,16,18). The summed E-state index contributed by atoms with van der Waals surface area (Å²) >= 11 is 0. The molecular formula is C12H13F3N2O. The number of anilines is 1. The molecule has 1 aromatic rings. The van der Waals surface area contributed by atoms with E-state index < -0.39 is 11.7 Å². The monoisotopic (exact) mass is 258 g/mol. The van der Waals surface area contributed by atoms with Crippen LogP contribution in [-0.4, -0.2) is 19.0 Å². The van der Waals surface area contributed by atoms with Crippen LogP contribution in [-0.2, 0) is 11.0 Å². The van der Waals surface area contributed by atoms with Gasteiger partial charge in [0.1, 0.15) is 0 Å². The van der Waals surface area contributed by atoms with Crippen molar-refractivity contribution in [3.8, 4) is 0 Å². The number of nitrogens with one attached hydrogen (secondary N) is 2. The molecule has 0 unspecified atom stereocenters. The van der Waals surface area contributed by atoms with E-state index in [0.29, 0.717) is 6.54 Å². The molecule has 2 N–H and O–H groups in total. The number of benzene rings is 1. The van der Waals surface area contributed by atoms with Crippen molar-refractivity contribution in [2.45, 2.75) is 6.18 Å². The van der Waals surface area contributed by atoms with Crippen molar-refractivity contribution in [3.05, 3.63) is 42.5 Å². The predicted octanol–water partition coefficient (Wildman–Crippen LogP) is 2.42. The molecule has 0 aromatic heterocycles. The Morgan fingerprint density at radius 2 is 2.11 bits per heavy atom. The molecule has 1 rings (SSSR count). The molecule has 0 saturated carbocycles. The van der Waals surface area contributed by atoms with Gasteiger partial charge in [-0.25, -0.2) is 0 Å². The SMILES string of the molecule is C=CCNC(=O)CNc1cccc(C(F)(F)F)c1. The Morgan fingerprint density at radius 3 is 2.72 bits per heavy atom. The summed E-state index contributed by atoms with van der Waals surface area (Å²) in [7, 11) is 0. The number of halogens is 3. The molecule has 1 aromatic carbocycles. The minimum Gasteiger partial charge on any atom is -0.376 e. The fraction of sp³-hybridized carbons (Fsp3) is 0.250. The number of hydrogen-bond acceptors (Lipinski definition) is 2. The molecule has 98 valence electrons. The Labute approximate surface area is 103 Å². The first-order chi connectivity index (χ1) is 8.43. The third kappa shape index (κ3) is 4.48. The molecular weight excluding hydrogens is 245 g/mol. The molecule has 18 heavy (non-hydrogen) atoms. The van der Waals surface area contributed by atoms with E-state index in [2.05, 4.69) is 17.2 Å². The lowest BCUT2D eigenvalue weighted by Crippen LogP contribution is -2.29. The largest absolute Gasteiger partial charge is 0.416 e. The summed E-state index contributed by atoms with van der Waals surface area (Å²) in [5, 5.41) is 5.13. The van der Waals surface area contributed by atoms with Gasteiger partial charge in [0.25, 0.3) is 0 Å². The molecule has 6 heteroatoms. The molecule has 0 fully saturated rings. The molecule has 1 amide bonds. The lowest BCUT2D eigenvalue weighted by molar-refractivity contribution is -0.137. The summed E-state index contributed by atoms with van der Waals surface area (Å²) in [4.78, 5) is 11.2. The second-order valence-corrected chi connectivity index (χ2v) is 3.52.